The quantitative estimate of drug-likeness (QED) is 0.432. The van der Waals surface area contributed by atoms with Crippen LogP contribution in [0.2, 0.25) is 0 Å². The maximum Gasteiger partial charge on any atom is 0.148 e. The van der Waals surface area contributed by atoms with E-state index >= 15 is 0 Å². The van der Waals surface area contributed by atoms with Gasteiger partial charge in [-0.05, 0) is 56.9 Å². The van der Waals surface area contributed by atoms with Crippen LogP contribution in [-0.2, 0) is 0 Å². The van der Waals surface area contributed by atoms with Crippen molar-refractivity contribution in [1.82, 2.24) is 29.7 Å². The summed E-state index contributed by atoms with van der Waals surface area (Å²) < 4.78 is 7.58. The van der Waals surface area contributed by atoms with E-state index in [1.165, 1.54) is 0 Å². The van der Waals surface area contributed by atoms with E-state index in [-0.39, 0.29) is 0 Å². The first-order chi connectivity index (χ1) is 17.1. The lowest BCUT2D eigenvalue weighted by molar-refractivity contribution is 0.413. The van der Waals surface area contributed by atoms with Crippen LogP contribution in [0.5, 0.6) is 5.75 Å². The molecule has 1 N–H and O–H groups in total. The molecule has 5 rings (SSSR count). The highest BCUT2D eigenvalue weighted by Gasteiger charge is 2.20. The zero-order valence-electron chi connectivity index (χ0n) is 20.3. The average molecular weight is 471 g/mol. The number of rotatable bonds is 7. The van der Waals surface area contributed by atoms with Crippen molar-refractivity contribution in [1.29, 1.82) is 0 Å². The maximum absolute atomic E-state index is 5.62. The van der Waals surface area contributed by atoms with Crippen molar-refractivity contribution in [3.8, 4) is 22.7 Å². The Hall–Kier alpha value is -4.01. The number of aryl methyl sites for hydroxylation is 2. The second-order valence-corrected chi connectivity index (χ2v) is 8.94. The van der Waals surface area contributed by atoms with Gasteiger partial charge < -0.3 is 19.5 Å². The molecule has 0 spiro atoms. The van der Waals surface area contributed by atoms with Gasteiger partial charge in [0.2, 0.25) is 0 Å². The number of aromatic nitrogens is 6. The fourth-order valence-electron chi connectivity index (χ4n) is 4.40. The number of benzene rings is 1. The molecule has 0 radical (unpaired) electrons. The number of ether oxygens (including phenoxy) is 1. The number of hydrogen-bond acceptors (Lipinski definition) is 8. The third kappa shape index (κ3) is 5.24. The zero-order chi connectivity index (χ0) is 24.2. The minimum Gasteiger partial charge on any atom is -0.495 e. The second-order valence-electron chi connectivity index (χ2n) is 8.94. The second kappa shape index (κ2) is 10.1. The van der Waals surface area contributed by atoms with Gasteiger partial charge in [0.1, 0.15) is 17.4 Å². The van der Waals surface area contributed by atoms with Crippen molar-refractivity contribution in [3.63, 3.8) is 0 Å². The monoisotopic (exact) mass is 470 g/mol. The number of nitrogens with one attached hydrogen (secondary N) is 1. The molecule has 0 atom stereocenters. The Morgan fingerprint density at radius 3 is 2.57 bits per heavy atom. The molecule has 1 aliphatic heterocycles. The topological polar surface area (TPSA) is 93.9 Å². The first-order valence-electron chi connectivity index (χ1n) is 11.9. The summed E-state index contributed by atoms with van der Waals surface area (Å²) in [5, 5.41) is 12.3. The SMILES string of the molecule is COc1cc(-c2ccc(NCC3CCN(c4cncc(C)n4)CC3)nn2)ccc1-n1cnc(C)c1. The van der Waals surface area contributed by atoms with Crippen molar-refractivity contribution in [2.75, 3.05) is 37.0 Å². The molecular weight excluding hydrogens is 440 g/mol. The van der Waals surface area contributed by atoms with Crippen LogP contribution in [0.4, 0.5) is 11.6 Å². The molecule has 0 amide bonds. The van der Waals surface area contributed by atoms with Crippen molar-refractivity contribution < 1.29 is 4.74 Å². The normalized spacial score (nSPS) is 14.2. The van der Waals surface area contributed by atoms with Gasteiger partial charge in [-0.3, -0.25) is 4.98 Å². The van der Waals surface area contributed by atoms with Crippen LogP contribution >= 0.6 is 0 Å². The van der Waals surface area contributed by atoms with Gasteiger partial charge in [-0.25, -0.2) is 9.97 Å². The Morgan fingerprint density at radius 2 is 1.89 bits per heavy atom. The number of methoxy groups -OCH3 is 1. The van der Waals surface area contributed by atoms with Gasteiger partial charge in [0.25, 0.3) is 0 Å². The van der Waals surface area contributed by atoms with Crippen molar-refractivity contribution in [3.05, 3.63) is 66.6 Å². The molecule has 0 unspecified atom stereocenters. The number of hydrogen-bond donors (Lipinski definition) is 1. The van der Waals surface area contributed by atoms with Crippen molar-refractivity contribution in [2.24, 2.45) is 5.92 Å². The zero-order valence-corrected chi connectivity index (χ0v) is 20.3. The summed E-state index contributed by atoms with van der Waals surface area (Å²) in [6, 6.07) is 9.99. The van der Waals surface area contributed by atoms with E-state index in [2.05, 4.69) is 35.4 Å². The van der Waals surface area contributed by atoms with Crippen LogP contribution in [0.25, 0.3) is 16.9 Å². The Kier molecular flexibility index (Phi) is 6.56. The maximum atomic E-state index is 5.62. The van der Waals surface area contributed by atoms with Gasteiger partial charge in [-0.1, -0.05) is 6.07 Å². The highest BCUT2D eigenvalue weighted by molar-refractivity contribution is 5.65. The standard InChI is InChI=1S/C26H30N8O/c1-18-13-27-15-26(30-18)33-10-8-20(9-11-33)14-28-25-7-5-22(31-32-25)21-4-6-23(24(12-21)35-3)34-16-19(2)29-17-34/h4-7,12-13,15-17,20H,8-11,14H2,1-3H3,(H,28,32). The predicted octanol–water partition coefficient (Wildman–Crippen LogP) is 4.07. The first kappa shape index (κ1) is 22.8. The van der Waals surface area contributed by atoms with E-state index in [1.54, 1.807) is 19.6 Å². The molecule has 1 fully saturated rings. The van der Waals surface area contributed by atoms with Crippen LogP contribution in [0, 0.1) is 19.8 Å². The number of anilines is 2. The molecule has 1 aliphatic rings. The third-order valence-electron chi connectivity index (χ3n) is 6.38. The third-order valence-corrected chi connectivity index (χ3v) is 6.38. The summed E-state index contributed by atoms with van der Waals surface area (Å²) in [5.41, 5.74) is 4.60. The Bertz CT molecular complexity index is 1280. The Morgan fingerprint density at radius 1 is 1.03 bits per heavy atom. The first-order valence-corrected chi connectivity index (χ1v) is 11.9. The molecule has 180 valence electrons. The summed E-state index contributed by atoms with van der Waals surface area (Å²) in [6.45, 7) is 6.81. The molecule has 0 bridgehead atoms. The summed E-state index contributed by atoms with van der Waals surface area (Å²) in [7, 11) is 1.67. The van der Waals surface area contributed by atoms with Gasteiger partial charge in [0.05, 0.1) is 42.4 Å². The predicted molar refractivity (Wildman–Crippen MR) is 136 cm³/mol. The Labute approximate surface area is 205 Å². The van der Waals surface area contributed by atoms with E-state index < -0.39 is 0 Å². The summed E-state index contributed by atoms with van der Waals surface area (Å²) in [6.07, 6.45) is 9.62. The van der Waals surface area contributed by atoms with Gasteiger partial charge in [0.15, 0.2) is 0 Å². The lowest BCUT2D eigenvalue weighted by atomic mass is 9.97. The molecule has 9 heteroatoms. The molecule has 0 saturated carbocycles. The lowest BCUT2D eigenvalue weighted by Crippen LogP contribution is -2.36. The number of imidazole rings is 1. The van der Waals surface area contributed by atoms with Gasteiger partial charge >= 0.3 is 0 Å². The van der Waals surface area contributed by atoms with Crippen LogP contribution in [0.1, 0.15) is 24.2 Å². The molecular formula is C26H30N8O. The highest BCUT2D eigenvalue weighted by Crippen LogP contribution is 2.29. The van der Waals surface area contributed by atoms with E-state index in [9.17, 15) is 0 Å². The molecule has 1 saturated heterocycles. The van der Waals surface area contributed by atoms with Gasteiger partial charge in [0, 0.05) is 37.6 Å². The number of nitrogens with zero attached hydrogens (tertiary/aromatic N) is 7. The van der Waals surface area contributed by atoms with Gasteiger partial charge in [-0.2, -0.15) is 0 Å². The van der Waals surface area contributed by atoms with E-state index in [0.29, 0.717) is 5.92 Å². The number of piperidine rings is 1. The smallest absolute Gasteiger partial charge is 0.148 e. The van der Waals surface area contributed by atoms with E-state index in [0.717, 1.165) is 78.2 Å². The molecule has 4 aromatic rings. The molecule has 9 nitrogen and oxygen atoms in total. The molecule has 35 heavy (non-hydrogen) atoms. The fraction of sp³-hybridized carbons (Fsp3) is 0.346. The minimum atomic E-state index is 0.592. The van der Waals surface area contributed by atoms with E-state index in [1.807, 2.05) is 61.1 Å². The van der Waals surface area contributed by atoms with Gasteiger partial charge in [-0.15, -0.1) is 10.2 Å². The molecule has 3 aromatic heterocycles. The summed E-state index contributed by atoms with van der Waals surface area (Å²) in [4.78, 5) is 15.5. The summed E-state index contributed by atoms with van der Waals surface area (Å²) in [5.74, 6) is 3.11. The highest BCUT2D eigenvalue weighted by atomic mass is 16.5. The van der Waals surface area contributed by atoms with E-state index in [4.69, 9.17) is 4.74 Å². The van der Waals surface area contributed by atoms with Crippen LogP contribution in [0.3, 0.4) is 0 Å². The largest absolute Gasteiger partial charge is 0.495 e. The average Bonchev–Trinajstić information content (AvgIpc) is 3.33. The van der Waals surface area contributed by atoms with Crippen LogP contribution < -0.4 is 15.0 Å². The fourth-order valence-corrected chi connectivity index (χ4v) is 4.40. The van der Waals surface area contributed by atoms with Crippen LogP contribution in [0.15, 0.2) is 55.2 Å². The molecule has 1 aromatic carbocycles. The van der Waals surface area contributed by atoms with Crippen molar-refractivity contribution in [2.45, 2.75) is 26.7 Å². The Balaban J connectivity index is 1.18. The van der Waals surface area contributed by atoms with Crippen LogP contribution in [-0.4, -0.2) is 56.5 Å². The molecule has 4 heterocycles. The lowest BCUT2D eigenvalue weighted by Gasteiger charge is -2.32. The minimum absolute atomic E-state index is 0.592. The van der Waals surface area contributed by atoms with Crippen molar-refractivity contribution >= 4 is 11.6 Å². The summed E-state index contributed by atoms with van der Waals surface area (Å²) >= 11 is 0. The molecule has 0 aliphatic carbocycles.